The van der Waals surface area contributed by atoms with Crippen molar-refractivity contribution in [2.75, 3.05) is 24.8 Å². The summed E-state index contributed by atoms with van der Waals surface area (Å²) in [7, 11) is 1.65. The van der Waals surface area contributed by atoms with Gasteiger partial charge in [-0.1, -0.05) is 13.8 Å². The van der Waals surface area contributed by atoms with Crippen LogP contribution in [-0.2, 0) is 4.74 Å². The monoisotopic (exact) mass is 278 g/mol. The van der Waals surface area contributed by atoms with Gasteiger partial charge in [-0.15, -0.1) is 0 Å². The van der Waals surface area contributed by atoms with Crippen LogP contribution in [0, 0.1) is 5.92 Å². The Morgan fingerprint density at radius 1 is 1.35 bits per heavy atom. The van der Waals surface area contributed by atoms with E-state index in [0.29, 0.717) is 24.4 Å². The number of aromatic nitrogens is 6. The van der Waals surface area contributed by atoms with Gasteiger partial charge in [-0.05, 0) is 5.92 Å². The van der Waals surface area contributed by atoms with Crippen molar-refractivity contribution < 1.29 is 4.74 Å². The highest BCUT2D eigenvalue weighted by atomic mass is 16.5. The summed E-state index contributed by atoms with van der Waals surface area (Å²) < 4.78 is 6.60. The minimum atomic E-state index is 0.0744. The second-order valence-electron chi connectivity index (χ2n) is 4.61. The number of ether oxygens (including phenoxy) is 1. The van der Waals surface area contributed by atoms with Crippen LogP contribution in [0.5, 0.6) is 0 Å². The average molecular weight is 278 g/mol. The molecule has 2 aromatic heterocycles. The third-order valence-corrected chi connectivity index (χ3v) is 2.73. The van der Waals surface area contributed by atoms with Gasteiger partial charge in [0.15, 0.2) is 0 Å². The smallest absolute Gasteiger partial charge is 0.258 e. The lowest BCUT2D eigenvalue weighted by atomic mass is 10.1. The molecule has 2 heterocycles. The van der Waals surface area contributed by atoms with Crippen LogP contribution in [0.4, 0.5) is 11.9 Å². The van der Waals surface area contributed by atoms with Crippen LogP contribution < -0.4 is 11.1 Å². The van der Waals surface area contributed by atoms with E-state index in [1.54, 1.807) is 7.11 Å². The van der Waals surface area contributed by atoms with Gasteiger partial charge in [-0.25, -0.2) is 4.98 Å². The fourth-order valence-corrected chi connectivity index (χ4v) is 1.61. The average Bonchev–Trinajstić information content (AvgIpc) is 2.91. The van der Waals surface area contributed by atoms with E-state index < -0.39 is 0 Å². The van der Waals surface area contributed by atoms with Gasteiger partial charge in [0.05, 0.1) is 12.6 Å². The zero-order chi connectivity index (χ0) is 14.5. The number of nitrogen functional groups attached to an aromatic ring is 1. The zero-order valence-electron chi connectivity index (χ0n) is 11.7. The van der Waals surface area contributed by atoms with Crippen molar-refractivity contribution in [2.24, 2.45) is 5.92 Å². The number of nitrogens with two attached hydrogens (primary N) is 1. The third-order valence-electron chi connectivity index (χ3n) is 2.73. The first-order chi connectivity index (χ1) is 9.60. The van der Waals surface area contributed by atoms with Gasteiger partial charge < -0.3 is 15.8 Å². The maximum atomic E-state index is 5.70. The molecule has 2 rings (SSSR count). The van der Waals surface area contributed by atoms with E-state index in [9.17, 15) is 0 Å². The molecule has 108 valence electrons. The van der Waals surface area contributed by atoms with E-state index in [-0.39, 0.29) is 12.0 Å². The van der Waals surface area contributed by atoms with Crippen LogP contribution in [0.25, 0.3) is 5.95 Å². The van der Waals surface area contributed by atoms with Crippen molar-refractivity contribution in [1.29, 1.82) is 0 Å². The van der Waals surface area contributed by atoms with Crippen molar-refractivity contribution in [1.82, 2.24) is 29.7 Å². The summed E-state index contributed by atoms with van der Waals surface area (Å²) in [6, 6.07) is 0.0744. The van der Waals surface area contributed by atoms with Crippen LogP contribution in [0.2, 0.25) is 0 Å². The van der Waals surface area contributed by atoms with E-state index in [0.717, 1.165) is 0 Å². The van der Waals surface area contributed by atoms with Crippen LogP contribution in [0.3, 0.4) is 0 Å². The highest BCUT2D eigenvalue weighted by Gasteiger charge is 2.15. The molecule has 0 saturated heterocycles. The summed E-state index contributed by atoms with van der Waals surface area (Å²) in [5.41, 5.74) is 5.70. The molecule has 0 radical (unpaired) electrons. The Labute approximate surface area is 116 Å². The zero-order valence-corrected chi connectivity index (χ0v) is 11.7. The summed E-state index contributed by atoms with van der Waals surface area (Å²) in [4.78, 5) is 16.2. The quantitative estimate of drug-likeness (QED) is 0.765. The largest absolute Gasteiger partial charge is 0.383 e. The van der Waals surface area contributed by atoms with Crippen LogP contribution in [-0.4, -0.2) is 49.5 Å². The van der Waals surface area contributed by atoms with Crippen molar-refractivity contribution >= 4 is 11.9 Å². The van der Waals surface area contributed by atoms with Crippen molar-refractivity contribution in [2.45, 2.75) is 19.9 Å². The summed E-state index contributed by atoms with van der Waals surface area (Å²) >= 11 is 0. The molecule has 20 heavy (non-hydrogen) atoms. The number of hydrogen-bond donors (Lipinski definition) is 2. The topological polar surface area (TPSA) is 117 Å². The van der Waals surface area contributed by atoms with Crippen LogP contribution in [0.15, 0.2) is 12.7 Å². The summed E-state index contributed by atoms with van der Waals surface area (Å²) in [5.74, 6) is 1.17. The Balaban J connectivity index is 2.23. The molecular weight excluding hydrogens is 260 g/mol. The number of nitrogens with zero attached hydrogens (tertiary/aromatic N) is 6. The first-order valence-electron chi connectivity index (χ1n) is 6.22. The van der Waals surface area contributed by atoms with Gasteiger partial charge in [0.25, 0.3) is 5.95 Å². The maximum Gasteiger partial charge on any atom is 0.258 e. The molecule has 0 aliphatic carbocycles. The van der Waals surface area contributed by atoms with Gasteiger partial charge in [-0.3, -0.25) is 0 Å². The molecule has 0 amide bonds. The molecule has 0 fully saturated rings. The van der Waals surface area contributed by atoms with Gasteiger partial charge in [-0.2, -0.15) is 24.7 Å². The summed E-state index contributed by atoms with van der Waals surface area (Å²) in [6.07, 6.45) is 2.89. The second kappa shape index (κ2) is 6.24. The Hall–Kier alpha value is -2.29. The first kappa shape index (κ1) is 14.1. The number of hydrogen-bond acceptors (Lipinski definition) is 8. The van der Waals surface area contributed by atoms with Crippen LogP contribution >= 0.6 is 0 Å². The molecule has 0 bridgehead atoms. The predicted octanol–water partition coefficient (Wildman–Crippen LogP) is 0.117. The van der Waals surface area contributed by atoms with Gasteiger partial charge in [0.1, 0.15) is 12.7 Å². The summed E-state index contributed by atoms with van der Waals surface area (Å²) in [5, 5.41) is 7.16. The molecule has 0 aliphatic rings. The summed E-state index contributed by atoms with van der Waals surface area (Å²) in [6.45, 7) is 4.71. The van der Waals surface area contributed by atoms with Gasteiger partial charge >= 0.3 is 0 Å². The third kappa shape index (κ3) is 3.38. The van der Waals surface area contributed by atoms with Crippen molar-refractivity contribution in [3.63, 3.8) is 0 Å². The molecule has 0 aliphatic heterocycles. The molecule has 0 aromatic carbocycles. The Morgan fingerprint density at radius 3 is 2.75 bits per heavy atom. The molecule has 9 heteroatoms. The molecule has 2 aromatic rings. The molecule has 3 N–H and O–H groups in total. The van der Waals surface area contributed by atoms with E-state index in [2.05, 4.69) is 44.2 Å². The fraction of sp³-hybridized carbons (Fsp3) is 0.545. The normalized spacial score (nSPS) is 12.6. The number of methoxy groups -OCH3 is 1. The predicted molar refractivity (Wildman–Crippen MR) is 73.3 cm³/mol. The van der Waals surface area contributed by atoms with Crippen molar-refractivity contribution in [3.05, 3.63) is 12.7 Å². The molecule has 1 atom stereocenters. The minimum absolute atomic E-state index is 0.0744. The molecule has 1 unspecified atom stereocenters. The highest BCUT2D eigenvalue weighted by Crippen LogP contribution is 2.11. The van der Waals surface area contributed by atoms with E-state index in [1.165, 1.54) is 17.3 Å². The minimum Gasteiger partial charge on any atom is -0.383 e. The SMILES string of the molecule is COCC(Nc1nc(N)nc(-n2cncn2)n1)C(C)C. The molecule has 0 saturated carbocycles. The number of anilines is 2. The second-order valence-corrected chi connectivity index (χ2v) is 4.61. The van der Waals surface area contributed by atoms with Crippen LogP contribution in [0.1, 0.15) is 13.8 Å². The molecule has 0 spiro atoms. The number of nitrogens with one attached hydrogen (secondary N) is 1. The van der Waals surface area contributed by atoms with Gasteiger partial charge in [0.2, 0.25) is 11.9 Å². The first-order valence-corrected chi connectivity index (χ1v) is 6.22. The lowest BCUT2D eigenvalue weighted by Gasteiger charge is -2.21. The van der Waals surface area contributed by atoms with E-state index >= 15 is 0 Å². The fourth-order valence-electron chi connectivity index (χ4n) is 1.61. The molecular formula is C11H18N8O. The lowest BCUT2D eigenvalue weighted by Crippen LogP contribution is -2.31. The standard InChI is InChI=1S/C11H18N8O/c1-7(2)8(4-20-3)15-10-16-9(12)17-11(18-10)19-6-13-5-14-19/h5-8H,4H2,1-3H3,(H3,12,15,16,17,18). The highest BCUT2D eigenvalue weighted by molar-refractivity contribution is 5.35. The Morgan fingerprint density at radius 2 is 2.15 bits per heavy atom. The molecule has 9 nitrogen and oxygen atoms in total. The van der Waals surface area contributed by atoms with Gasteiger partial charge in [0, 0.05) is 7.11 Å². The number of rotatable bonds is 6. The maximum absolute atomic E-state index is 5.70. The Kier molecular flexibility index (Phi) is 4.41. The van der Waals surface area contributed by atoms with E-state index in [4.69, 9.17) is 10.5 Å². The Bertz CT molecular complexity index is 541. The lowest BCUT2D eigenvalue weighted by molar-refractivity contribution is 0.171. The van der Waals surface area contributed by atoms with E-state index in [1.807, 2.05) is 0 Å². The van der Waals surface area contributed by atoms with Crippen molar-refractivity contribution in [3.8, 4) is 5.95 Å².